The number of nitrogens with one attached hydrogen (secondary N) is 1. The molecule has 1 aromatic carbocycles. The summed E-state index contributed by atoms with van der Waals surface area (Å²) in [7, 11) is 1.78. The number of nitrogens with zero attached hydrogens (tertiary/aromatic N) is 3. The number of aliphatic hydroxyl groups excluding tert-OH is 1. The predicted molar refractivity (Wildman–Crippen MR) is 138 cm³/mol. The van der Waals surface area contributed by atoms with Crippen molar-refractivity contribution in [2.75, 3.05) is 20.2 Å². The summed E-state index contributed by atoms with van der Waals surface area (Å²) in [4.78, 5) is 9.71. The zero-order chi connectivity index (χ0) is 25.1. The van der Waals surface area contributed by atoms with Crippen molar-refractivity contribution in [1.29, 1.82) is 0 Å². The zero-order valence-electron chi connectivity index (χ0n) is 20.6. The fraction of sp³-hybridized carbons (Fsp3) is 0.500. The van der Waals surface area contributed by atoms with E-state index in [1.165, 1.54) is 19.3 Å². The van der Waals surface area contributed by atoms with Crippen molar-refractivity contribution >= 4 is 23.2 Å². The Morgan fingerprint density at radius 3 is 2.63 bits per heavy atom. The molecular weight excluding hydrogens is 487 g/mol. The molecule has 9 heteroatoms. The van der Waals surface area contributed by atoms with Crippen LogP contribution in [-0.4, -0.2) is 46.5 Å². The summed E-state index contributed by atoms with van der Waals surface area (Å²) < 4.78 is 11.2. The quantitative estimate of drug-likeness (QED) is 0.357. The molecule has 3 aromatic rings. The fourth-order valence-corrected chi connectivity index (χ4v) is 5.09. The van der Waals surface area contributed by atoms with Gasteiger partial charge in [0.15, 0.2) is 5.82 Å². The Kier molecular flexibility index (Phi) is 8.32. The van der Waals surface area contributed by atoms with Crippen molar-refractivity contribution in [2.45, 2.75) is 52.6 Å². The van der Waals surface area contributed by atoms with Crippen LogP contribution in [0.2, 0.25) is 10.0 Å². The summed E-state index contributed by atoms with van der Waals surface area (Å²) >= 11 is 13.5. The van der Waals surface area contributed by atoms with Crippen LogP contribution < -0.4 is 10.1 Å². The molecule has 7 nitrogen and oxygen atoms in total. The fourth-order valence-electron chi connectivity index (χ4n) is 4.64. The van der Waals surface area contributed by atoms with Gasteiger partial charge in [0.1, 0.15) is 24.2 Å². The number of ether oxygens (including phenoxy) is 1. The predicted octanol–water partition coefficient (Wildman–Crippen LogP) is 5.66. The molecule has 0 aliphatic heterocycles. The van der Waals surface area contributed by atoms with Crippen molar-refractivity contribution in [2.24, 2.45) is 11.8 Å². The minimum atomic E-state index is -0.627. The van der Waals surface area contributed by atoms with E-state index in [0.29, 0.717) is 51.1 Å². The van der Waals surface area contributed by atoms with Crippen molar-refractivity contribution < 1.29 is 14.4 Å². The summed E-state index contributed by atoms with van der Waals surface area (Å²) in [6.07, 6.45) is 3.73. The summed E-state index contributed by atoms with van der Waals surface area (Å²) in [6.45, 7) is 6.55. The number of hydrogen-bond donors (Lipinski definition) is 2. The molecule has 1 saturated carbocycles. The third-order valence-electron chi connectivity index (χ3n) is 6.64. The Balaban J connectivity index is 1.73. The summed E-state index contributed by atoms with van der Waals surface area (Å²) in [5.41, 5.74) is 3.53. The maximum atomic E-state index is 9.99. The Hall–Kier alpha value is -2.19. The topological polar surface area (TPSA) is 93.3 Å². The lowest BCUT2D eigenvalue weighted by Crippen LogP contribution is -2.29. The Bertz CT molecular complexity index is 1160. The normalized spacial score (nSPS) is 18.4. The number of rotatable bonds is 10. The lowest BCUT2D eigenvalue weighted by molar-refractivity contribution is 0.108. The number of likely N-dealkylation sites (N-methyl/N-ethyl adjacent to an activating group) is 1. The van der Waals surface area contributed by atoms with Crippen LogP contribution in [0.15, 0.2) is 22.7 Å². The molecule has 4 rings (SSSR count). The molecular formula is C26H32Cl2N4O3. The number of aromatic nitrogens is 3. The first-order valence-electron chi connectivity index (χ1n) is 12.1. The number of aryl methyl sites for hydroxylation is 2. The van der Waals surface area contributed by atoms with Gasteiger partial charge in [-0.25, -0.2) is 9.97 Å². The van der Waals surface area contributed by atoms with Crippen LogP contribution in [-0.2, 0) is 6.42 Å². The van der Waals surface area contributed by atoms with Crippen LogP contribution in [0.3, 0.4) is 0 Å². The number of halogens is 2. The first kappa shape index (κ1) is 25.9. The van der Waals surface area contributed by atoms with Crippen molar-refractivity contribution in [3.05, 3.63) is 45.4 Å². The van der Waals surface area contributed by atoms with E-state index >= 15 is 0 Å². The van der Waals surface area contributed by atoms with Gasteiger partial charge in [0, 0.05) is 12.1 Å². The molecule has 0 radical (unpaired) electrons. The van der Waals surface area contributed by atoms with E-state index in [9.17, 15) is 5.11 Å². The number of aliphatic hydroxyl groups is 1. The first-order valence-corrected chi connectivity index (χ1v) is 12.8. The first-order chi connectivity index (χ1) is 16.8. The molecule has 188 valence electrons. The van der Waals surface area contributed by atoms with Crippen LogP contribution in [0.5, 0.6) is 5.75 Å². The molecule has 1 atom stereocenters. The van der Waals surface area contributed by atoms with E-state index in [1.807, 2.05) is 13.8 Å². The van der Waals surface area contributed by atoms with Gasteiger partial charge in [-0.3, -0.25) is 0 Å². The van der Waals surface area contributed by atoms with Gasteiger partial charge in [-0.15, -0.1) is 0 Å². The third-order valence-corrected chi connectivity index (χ3v) is 7.37. The van der Waals surface area contributed by atoms with Crippen LogP contribution >= 0.6 is 23.2 Å². The Labute approximate surface area is 216 Å². The van der Waals surface area contributed by atoms with Crippen molar-refractivity contribution in [3.63, 3.8) is 0 Å². The van der Waals surface area contributed by atoms with Gasteiger partial charge in [-0.1, -0.05) is 41.7 Å². The largest absolute Gasteiger partial charge is 0.491 e. The average Bonchev–Trinajstić information content (AvgIpc) is 3.14. The van der Waals surface area contributed by atoms with E-state index in [4.69, 9.17) is 42.4 Å². The summed E-state index contributed by atoms with van der Waals surface area (Å²) in [6, 6.07) is 5.32. The molecule has 0 amide bonds. The standard InChI is InChI=1S/C26H32Cl2N4O3/c1-5-16-8-17(9-16)10-22-24(28)25(23-14(2)32-35-15(23)3)31-26(30-22)20-11-19(6-7-21(20)27)34-13-18(33)12-29-4/h6-7,11,16-18,29,33H,5,8-10,12-13H2,1-4H3/t16?,17?,18-/m1/s1. The highest BCUT2D eigenvalue weighted by Gasteiger charge is 2.30. The molecule has 1 fully saturated rings. The summed E-state index contributed by atoms with van der Waals surface area (Å²) in [5.74, 6) is 3.02. The second kappa shape index (κ2) is 11.2. The van der Waals surface area contributed by atoms with E-state index in [1.54, 1.807) is 25.2 Å². The molecule has 0 unspecified atom stereocenters. The monoisotopic (exact) mass is 518 g/mol. The molecule has 2 aromatic heterocycles. The smallest absolute Gasteiger partial charge is 0.161 e. The Morgan fingerprint density at radius 2 is 1.97 bits per heavy atom. The van der Waals surface area contributed by atoms with Crippen molar-refractivity contribution in [1.82, 2.24) is 20.4 Å². The van der Waals surface area contributed by atoms with Crippen LogP contribution in [0.1, 0.15) is 43.3 Å². The van der Waals surface area contributed by atoms with Gasteiger partial charge >= 0.3 is 0 Å². The lowest BCUT2D eigenvalue weighted by atomic mass is 9.71. The van der Waals surface area contributed by atoms with Crippen LogP contribution in [0, 0.1) is 25.7 Å². The molecule has 0 saturated heterocycles. The zero-order valence-corrected chi connectivity index (χ0v) is 22.1. The highest BCUT2D eigenvalue weighted by Crippen LogP contribution is 2.42. The minimum absolute atomic E-state index is 0.152. The SMILES string of the molecule is CCC1CC(Cc2nc(-c3cc(OC[C@H](O)CNC)ccc3Cl)nc(-c3c(C)noc3C)c2Cl)C1. The van der Waals surface area contributed by atoms with Crippen molar-refractivity contribution in [3.8, 4) is 28.4 Å². The van der Waals surface area contributed by atoms with Gasteiger partial charge < -0.3 is 19.7 Å². The van der Waals surface area contributed by atoms with Gasteiger partial charge in [-0.05, 0) is 70.2 Å². The number of hydrogen-bond acceptors (Lipinski definition) is 7. The molecule has 35 heavy (non-hydrogen) atoms. The van der Waals surface area contributed by atoms with Crippen LogP contribution in [0.4, 0.5) is 0 Å². The second-order valence-electron chi connectivity index (χ2n) is 9.34. The molecule has 1 aliphatic carbocycles. The van der Waals surface area contributed by atoms with Gasteiger partial charge in [0.05, 0.1) is 32.7 Å². The van der Waals surface area contributed by atoms with E-state index < -0.39 is 6.10 Å². The molecule has 0 bridgehead atoms. The molecule has 2 heterocycles. The molecule has 0 spiro atoms. The lowest BCUT2D eigenvalue weighted by Gasteiger charge is -2.34. The maximum Gasteiger partial charge on any atom is 0.161 e. The number of benzene rings is 1. The average molecular weight is 519 g/mol. The third kappa shape index (κ3) is 5.80. The highest BCUT2D eigenvalue weighted by atomic mass is 35.5. The van der Waals surface area contributed by atoms with Gasteiger partial charge in [0.2, 0.25) is 0 Å². The van der Waals surface area contributed by atoms with E-state index in [2.05, 4.69) is 17.4 Å². The Morgan fingerprint density at radius 1 is 1.20 bits per heavy atom. The minimum Gasteiger partial charge on any atom is -0.491 e. The maximum absolute atomic E-state index is 9.99. The van der Waals surface area contributed by atoms with Gasteiger partial charge in [0.25, 0.3) is 0 Å². The molecule has 2 N–H and O–H groups in total. The highest BCUT2D eigenvalue weighted by molar-refractivity contribution is 6.34. The van der Waals surface area contributed by atoms with E-state index in [-0.39, 0.29) is 6.61 Å². The summed E-state index contributed by atoms with van der Waals surface area (Å²) in [5, 5.41) is 18.0. The second-order valence-corrected chi connectivity index (χ2v) is 10.1. The van der Waals surface area contributed by atoms with E-state index in [0.717, 1.165) is 29.3 Å². The van der Waals surface area contributed by atoms with Gasteiger partial charge in [-0.2, -0.15) is 0 Å². The molecule has 1 aliphatic rings. The van der Waals surface area contributed by atoms with Crippen LogP contribution in [0.25, 0.3) is 22.6 Å².